The first kappa shape index (κ1) is 20.0. The second kappa shape index (κ2) is 8.19. The van der Waals surface area contributed by atoms with E-state index in [1.54, 1.807) is 30.0 Å². The van der Waals surface area contributed by atoms with Crippen molar-refractivity contribution >= 4 is 23.2 Å². The van der Waals surface area contributed by atoms with E-state index in [4.69, 9.17) is 0 Å². The molecule has 2 aromatic heterocycles. The van der Waals surface area contributed by atoms with Gasteiger partial charge in [0.05, 0.1) is 4.88 Å². The van der Waals surface area contributed by atoms with Gasteiger partial charge >= 0.3 is 0 Å². The molecule has 0 saturated carbocycles. The fourth-order valence-electron chi connectivity index (χ4n) is 3.38. The number of rotatable bonds is 3. The zero-order valence-electron chi connectivity index (χ0n) is 16.2. The van der Waals surface area contributed by atoms with E-state index in [1.165, 1.54) is 39.1 Å². The molecule has 2 amide bonds. The molecule has 0 spiro atoms. The summed E-state index contributed by atoms with van der Waals surface area (Å²) < 4.78 is 15.5. The van der Waals surface area contributed by atoms with E-state index in [2.05, 4.69) is 5.10 Å². The smallest absolute Gasteiger partial charge is 0.278 e. The molecule has 9 heteroatoms. The lowest BCUT2D eigenvalue weighted by atomic mass is 10.2. The Bertz CT molecular complexity index is 1150. The number of benzene rings is 1. The van der Waals surface area contributed by atoms with Gasteiger partial charge in [-0.2, -0.15) is 5.10 Å². The monoisotopic (exact) mass is 426 g/mol. The molecule has 1 aliphatic rings. The van der Waals surface area contributed by atoms with Crippen LogP contribution < -0.4 is 5.43 Å². The van der Waals surface area contributed by atoms with Gasteiger partial charge in [-0.25, -0.2) is 9.07 Å². The number of carbonyl (C=O) groups is 2. The number of thiophene rings is 1. The predicted molar refractivity (Wildman–Crippen MR) is 111 cm³/mol. The third-order valence-corrected chi connectivity index (χ3v) is 5.83. The Morgan fingerprint density at radius 2 is 1.67 bits per heavy atom. The third kappa shape index (κ3) is 3.76. The Labute approximate surface area is 176 Å². The number of nitrogens with zero attached hydrogens (tertiary/aromatic N) is 4. The molecule has 0 atom stereocenters. The van der Waals surface area contributed by atoms with Gasteiger partial charge in [0, 0.05) is 37.9 Å². The molecule has 154 valence electrons. The van der Waals surface area contributed by atoms with Crippen molar-refractivity contribution in [2.24, 2.45) is 0 Å². The summed E-state index contributed by atoms with van der Waals surface area (Å²) in [7, 11) is 0. The van der Waals surface area contributed by atoms with Gasteiger partial charge in [-0.15, -0.1) is 11.3 Å². The van der Waals surface area contributed by atoms with Crippen molar-refractivity contribution in [1.29, 1.82) is 0 Å². The molecular formula is C21H19FN4O3S. The van der Waals surface area contributed by atoms with Gasteiger partial charge in [-0.1, -0.05) is 18.2 Å². The number of amides is 2. The first-order valence-corrected chi connectivity index (χ1v) is 10.3. The largest absolute Gasteiger partial charge is 0.334 e. The van der Waals surface area contributed by atoms with Gasteiger partial charge in [-0.05, 0) is 30.5 Å². The normalized spacial score (nSPS) is 14.1. The van der Waals surface area contributed by atoms with Crippen molar-refractivity contribution in [2.45, 2.75) is 6.92 Å². The molecule has 1 aliphatic heterocycles. The van der Waals surface area contributed by atoms with Crippen LogP contribution in [-0.2, 0) is 0 Å². The maximum atomic E-state index is 14.2. The molecule has 0 bridgehead atoms. The highest BCUT2D eigenvalue weighted by Gasteiger charge is 2.28. The number of hydrogen-bond acceptors (Lipinski definition) is 5. The maximum absolute atomic E-state index is 14.2. The lowest BCUT2D eigenvalue weighted by Gasteiger charge is -2.34. The van der Waals surface area contributed by atoms with Crippen LogP contribution in [0, 0.1) is 12.7 Å². The minimum atomic E-state index is -0.520. The molecule has 0 unspecified atom stereocenters. The van der Waals surface area contributed by atoms with Crippen LogP contribution in [0.3, 0.4) is 0 Å². The molecule has 7 nitrogen and oxygen atoms in total. The average Bonchev–Trinajstić information content (AvgIpc) is 3.29. The number of piperazine rings is 1. The van der Waals surface area contributed by atoms with Crippen LogP contribution in [0.5, 0.6) is 0 Å². The maximum Gasteiger partial charge on any atom is 0.278 e. The Kier molecular flexibility index (Phi) is 5.45. The highest BCUT2D eigenvalue weighted by molar-refractivity contribution is 7.12. The Morgan fingerprint density at radius 3 is 2.30 bits per heavy atom. The van der Waals surface area contributed by atoms with Crippen LogP contribution in [0.1, 0.15) is 25.9 Å². The van der Waals surface area contributed by atoms with Gasteiger partial charge in [0.2, 0.25) is 5.43 Å². The SMILES string of the molecule is Cc1cc(=O)c(C(=O)N2CCN(C(=O)c3cccs3)CC2)nn1-c1ccccc1F. The fraction of sp³-hybridized carbons (Fsp3) is 0.238. The first-order chi connectivity index (χ1) is 14.5. The Balaban J connectivity index is 1.54. The standard InChI is InChI=1S/C21H19FN4O3S/c1-14-13-17(27)19(23-26(14)16-6-3-2-5-15(16)22)21(29)25-10-8-24(9-11-25)20(28)18-7-4-12-30-18/h2-7,12-13H,8-11H2,1H3. The summed E-state index contributed by atoms with van der Waals surface area (Å²) in [6.07, 6.45) is 0. The van der Waals surface area contributed by atoms with E-state index < -0.39 is 17.2 Å². The van der Waals surface area contributed by atoms with Crippen molar-refractivity contribution in [3.8, 4) is 5.69 Å². The van der Waals surface area contributed by atoms with Crippen molar-refractivity contribution in [3.05, 3.63) is 80.2 Å². The van der Waals surface area contributed by atoms with Crippen LogP contribution in [0.25, 0.3) is 5.69 Å². The van der Waals surface area contributed by atoms with Crippen molar-refractivity contribution in [3.63, 3.8) is 0 Å². The number of aromatic nitrogens is 2. The quantitative estimate of drug-likeness (QED) is 0.644. The summed E-state index contributed by atoms with van der Waals surface area (Å²) in [6, 6.07) is 10.9. The summed E-state index contributed by atoms with van der Waals surface area (Å²) in [5.74, 6) is -1.09. The summed E-state index contributed by atoms with van der Waals surface area (Å²) in [6.45, 7) is 2.96. The van der Waals surface area contributed by atoms with Crippen LogP contribution in [0.4, 0.5) is 4.39 Å². The van der Waals surface area contributed by atoms with Gasteiger partial charge in [-0.3, -0.25) is 14.4 Å². The molecule has 0 radical (unpaired) electrons. The molecule has 1 aromatic carbocycles. The van der Waals surface area contributed by atoms with Gasteiger partial charge in [0.1, 0.15) is 11.5 Å². The average molecular weight is 426 g/mol. The molecular weight excluding hydrogens is 407 g/mol. The van der Waals surface area contributed by atoms with Crippen molar-refractivity contribution in [1.82, 2.24) is 19.6 Å². The summed E-state index contributed by atoms with van der Waals surface area (Å²) in [5.41, 5.74) is -0.188. The van der Waals surface area contributed by atoms with Crippen LogP contribution in [0.15, 0.2) is 52.6 Å². The highest BCUT2D eigenvalue weighted by Crippen LogP contribution is 2.16. The molecule has 3 heterocycles. The van der Waals surface area contributed by atoms with Crippen LogP contribution >= 0.6 is 11.3 Å². The number of hydrogen-bond donors (Lipinski definition) is 0. The fourth-order valence-corrected chi connectivity index (χ4v) is 4.07. The Hall–Kier alpha value is -3.33. The lowest BCUT2D eigenvalue weighted by Crippen LogP contribution is -2.51. The van der Waals surface area contributed by atoms with Gasteiger partial charge in [0.15, 0.2) is 5.69 Å². The van der Waals surface area contributed by atoms with Crippen molar-refractivity contribution in [2.75, 3.05) is 26.2 Å². The summed E-state index contributed by atoms with van der Waals surface area (Å²) >= 11 is 1.38. The van der Waals surface area contributed by atoms with Crippen LogP contribution in [0.2, 0.25) is 0 Å². The van der Waals surface area contributed by atoms with Crippen LogP contribution in [-0.4, -0.2) is 57.6 Å². The molecule has 0 aliphatic carbocycles. The molecule has 4 rings (SSSR count). The summed E-state index contributed by atoms with van der Waals surface area (Å²) in [5, 5.41) is 6.01. The van der Waals surface area contributed by atoms with Crippen molar-refractivity contribution < 1.29 is 14.0 Å². The second-order valence-corrected chi connectivity index (χ2v) is 7.87. The zero-order valence-corrected chi connectivity index (χ0v) is 17.1. The first-order valence-electron chi connectivity index (χ1n) is 9.43. The predicted octanol–water partition coefficient (Wildman–Crippen LogP) is 2.34. The number of para-hydroxylation sites is 1. The molecule has 30 heavy (non-hydrogen) atoms. The number of carbonyl (C=O) groups excluding carboxylic acids is 2. The number of halogens is 1. The topological polar surface area (TPSA) is 75.5 Å². The molecule has 1 saturated heterocycles. The minimum absolute atomic E-state index is 0.0625. The van der Waals surface area contributed by atoms with E-state index in [-0.39, 0.29) is 17.3 Å². The lowest BCUT2D eigenvalue weighted by molar-refractivity contribution is 0.0533. The van der Waals surface area contributed by atoms with E-state index in [9.17, 15) is 18.8 Å². The molecule has 0 N–H and O–H groups in total. The zero-order chi connectivity index (χ0) is 21.3. The highest BCUT2D eigenvalue weighted by atomic mass is 32.1. The second-order valence-electron chi connectivity index (χ2n) is 6.92. The molecule has 1 fully saturated rings. The van der Waals surface area contributed by atoms with E-state index in [0.717, 1.165) is 0 Å². The van der Waals surface area contributed by atoms with E-state index in [0.29, 0.717) is 36.8 Å². The Morgan fingerprint density at radius 1 is 1.00 bits per heavy atom. The van der Waals surface area contributed by atoms with E-state index in [1.807, 2.05) is 11.4 Å². The third-order valence-electron chi connectivity index (χ3n) is 4.98. The van der Waals surface area contributed by atoms with Gasteiger partial charge in [0.25, 0.3) is 11.8 Å². The minimum Gasteiger partial charge on any atom is -0.334 e. The summed E-state index contributed by atoms with van der Waals surface area (Å²) in [4.78, 5) is 41.7. The van der Waals surface area contributed by atoms with E-state index >= 15 is 0 Å². The molecule has 3 aromatic rings. The number of aryl methyl sites for hydroxylation is 1. The van der Waals surface area contributed by atoms with Gasteiger partial charge < -0.3 is 9.80 Å².